The minimum Gasteiger partial charge on any atom is -0.361 e. The van der Waals surface area contributed by atoms with E-state index in [0.717, 1.165) is 13.0 Å². The summed E-state index contributed by atoms with van der Waals surface area (Å²) in [4.78, 5) is 0. The molecule has 0 aliphatic heterocycles. The molecule has 1 rings (SSSR count). The Bertz CT molecular complexity index is 407. The van der Waals surface area contributed by atoms with Crippen LogP contribution >= 0.6 is 12.2 Å². The summed E-state index contributed by atoms with van der Waals surface area (Å²) in [5.74, 6) is -0.301. The highest BCUT2D eigenvalue weighted by Crippen LogP contribution is 2.02. The zero-order chi connectivity index (χ0) is 13.2. The van der Waals surface area contributed by atoms with Crippen LogP contribution in [0, 0.1) is 5.82 Å². The number of benzene rings is 1. The Morgan fingerprint density at radius 2 is 2.17 bits per heavy atom. The minimum atomic E-state index is -0.301. The summed E-state index contributed by atoms with van der Waals surface area (Å²) in [6.07, 6.45) is 4.84. The predicted molar refractivity (Wildman–Crippen MR) is 77.3 cm³/mol. The minimum absolute atomic E-state index is 0.301. The third-order valence-corrected chi connectivity index (χ3v) is 2.58. The molecular weight excluding hydrogens is 249 g/mol. The second-order valence-electron chi connectivity index (χ2n) is 3.85. The maximum absolute atomic E-state index is 13.2. The van der Waals surface area contributed by atoms with Crippen LogP contribution in [-0.2, 0) is 0 Å². The highest BCUT2D eigenvalue weighted by atomic mass is 32.1. The first-order valence-corrected chi connectivity index (χ1v) is 6.46. The van der Waals surface area contributed by atoms with E-state index in [1.54, 1.807) is 18.2 Å². The molecule has 0 radical (unpaired) electrons. The number of nitrogens with one attached hydrogen (secondary N) is 2. The fourth-order valence-corrected chi connectivity index (χ4v) is 1.51. The van der Waals surface area contributed by atoms with Gasteiger partial charge in [0.05, 0.1) is 6.21 Å². The van der Waals surface area contributed by atoms with Crippen LogP contribution in [0.25, 0.3) is 0 Å². The van der Waals surface area contributed by atoms with E-state index in [9.17, 15) is 4.39 Å². The second-order valence-corrected chi connectivity index (χ2v) is 4.26. The summed E-state index contributed by atoms with van der Waals surface area (Å²) in [6, 6.07) is 6.44. The lowest BCUT2D eigenvalue weighted by Gasteiger charge is -2.05. The van der Waals surface area contributed by atoms with Crippen LogP contribution in [0.2, 0.25) is 0 Å². The van der Waals surface area contributed by atoms with E-state index in [2.05, 4.69) is 22.8 Å². The molecular formula is C13H18FN3S. The number of unbranched alkanes of at least 4 members (excludes halogenated alkanes) is 2. The largest absolute Gasteiger partial charge is 0.361 e. The van der Waals surface area contributed by atoms with E-state index in [-0.39, 0.29) is 5.82 Å². The van der Waals surface area contributed by atoms with Crippen LogP contribution in [0.3, 0.4) is 0 Å². The van der Waals surface area contributed by atoms with Crippen LogP contribution in [0.15, 0.2) is 29.4 Å². The third-order valence-electron chi connectivity index (χ3n) is 2.34. The zero-order valence-corrected chi connectivity index (χ0v) is 11.3. The van der Waals surface area contributed by atoms with E-state index in [0.29, 0.717) is 10.7 Å². The molecule has 0 fully saturated rings. The molecule has 1 aromatic rings. The summed E-state index contributed by atoms with van der Waals surface area (Å²) in [5, 5.41) is 7.37. The molecule has 0 unspecified atom stereocenters. The predicted octanol–water partition coefficient (Wildman–Crippen LogP) is 2.81. The van der Waals surface area contributed by atoms with E-state index in [1.807, 2.05) is 0 Å². The second kappa shape index (κ2) is 8.58. The molecule has 1 aromatic carbocycles. The maximum atomic E-state index is 13.2. The van der Waals surface area contributed by atoms with Crippen molar-refractivity contribution >= 4 is 23.5 Å². The average Bonchev–Trinajstić information content (AvgIpc) is 2.37. The summed E-state index contributed by atoms with van der Waals surface area (Å²) >= 11 is 5.02. The first kappa shape index (κ1) is 14.6. The van der Waals surface area contributed by atoms with Crippen LogP contribution in [0.5, 0.6) is 0 Å². The monoisotopic (exact) mass is 267 g/mol. The SMILES string of the molecule is CCCCCNC(=S)N/N=C\c1ccccc1F. The molecule has 0 aliphatic carbocycles. The number of thiocarbonyl (C=S) groups is 1. The molecule has 0 bridgehead atoms. The molecule has 0 aliphatic rings. The van der Waals surface area contributed by atoms with E-state index < -0.39 is 0 Å². The highest BCUT2D eigenvalue weighted by Gasteiger charge is 1.96. The Labute approximate surface area is 112 Å². The smallest absolute Gasteiger partial charge is 0.186 e. The summed E-state index contributed by atoms with van der Waals surface area (Å²) < 4.78 is 13.2. The van der Waals surface area contributed by atoms with Crippen molar-refractivity contribution in [2.24, 2.45) is 5.10 Å². The Kier molecular flexibility index (Phi) is 6.94. The fraction of sp³-hybridized carbons (Fsp3) is 0.385. The summed E-state index contributed by atoms with van der Waals surface area (Å²) in [7, 11) is 0. The summed E-state index contributed by atoms with van der Waals surface area (Å²) in [5.41, 5.74) is 3.09. The topological polar surface area (TPSA) is 36.4 Å². The maximum Gasteiger partial charge on any atom is 0.186 e. The van der Waals surface area contributed by atoms with Gasteiger partial charge in [-0.1, -0.05) is 38.0 Å². The van der Waals surface area contributed by atoms with Gasteiger partial charge in [0, 0.05) is 12.1 Å². The molecule has 2 N–H and O–H groups in total. The van der Waals surface area contributed by atoms with E-state index in [4.69, 9.17) is 12.2 Å². The molecule has 0 atom stereocenters. The van der Waals surface area contributed by atoms with Gasteiger partial charge in [0.15, 0.2) is 5.11 Å². The van der Waals surface area contributed by atoms with Gasteiger partial charge in [0.1, 0.15) is 5.82 Å². The molecule has 0 aromatic heterocycles. The van der Waals surface area contributed by atoms with Crippen LogP contribution < -0.4 is 10.7 Å². The van der Waals surface area contributed by atoms with Crippen molar-refractivity contribution in [2.45, 2.75) is 26.2 Å². The highest BCUT2D eigenvalue weighted by molar-refractivity contribution is 7.80. The lowest BCUT2D eigenvalue weighted by Crippen LogP contribution is -2.32. The zero-order valence-electron chi connectivity index (χ0n) is 10.4. The molecule has 98 valence electrons. The number of halogens is 1. The van der Waals surface area contributed by atoms with E-state index >= 15 is 0 Å². The van der Waals surface area contributed by atoms with Gasteiger partial charge in [0.25, 0.3) is 0 Å². The Balaban J connectivity index is 2.28. The molecule has 3 nitrogen and oxygen atoms in total. The van der Waals surface area contributed by atoms with Crippen molar-refractivity contribution in [1.82, 2.24) is 10.7 Å². The lowest BCUT2D eigenvalue weighted by atomic mass is 10.2. The number of rotatable bonds is 6. The average molecular weight is 267 g/mol. The molecule has 18 heavy (non-hydrogen) atoms. The quantitative estimate of drug-likeness (QED) is 0.360. The third kappa shape index (κ3) is 5.72. The van der Waals surface area contributed by atoms with Crippen molar-refractivity contribution in [3.05, 3.63) is 35.6 Å². The molecule has 0 saturated carbocycles. The van der Waals surface area contributed by atoms with Gasteiger partial charge in [0.2, 0.25) is 0 Å². The number of nitrogens with zero attached hydrogens (tertiary/aromatic N) is 1. The Morgan fingerprint density at radius 3 is 2.89 bits per heavy atom. The molecule has 0 amide bonds. The van der Waals surface area contributed by atoms with E-state index in [1.165, 1.54) is 25.1 Å². The van der Waals surface area contributed by atoms with Gasteiger partial charge >= 0.3 is 0 Å². The first-order valence-electron chi connectivity index (χ1n) is 6.05. The molecule has 0 heterocycles. The fourth-order valence-electron chi connectivity index (χ4n) is 1.36. The van der Waals surface area contributed by atoms with Gasteiger partial charge in [-0.05, 0) is 24.7 Å². The number of hydrogen-bond acceptors (Lipinski definition) is 2. The Morgan fingerprint density at radius 1 is 1.39 bits per heavy atom. The van der Waals surface area contributed by atoms with Crippen LogP contribution in [0.4, 0.5) is 4.39 Å². The van der Waals surface area contributed by atoms with Gasteiger partial charge < -0.3 is 5.32 Å². The van der Waals surface area contributed by atoms with Gasteiger partial charge in [-0.2, -0.15) is 5.10 Å². The van der Waals surface area contributed by atoms with Crippen molar-refractivity contribution in [1.29, 1.82) is 0 Å². The lowest BCUT2D eigenvalue weighted by molar-refractivity contribution is 0.626. The summed E-state index contributed by atoms with van der Waals surface area (Å²) in [6.45, 7) is 2.98. The van der Waals surface area contributed by atoms with Crippen LogP contribution in [-0.4, -0.2) is 17.9 Å². The number of hydrazone groups is 1. The number of hydrogen-bond donors (Lipinski definition) is 2. The van der Waals surface area contributed by atoms with Gasteiger partial charge in [-0.15, -0.1) is 0 Å². The van der Waals surface area contributed by atoms with Crippen molar-refractivity contribution in [3.63, 3.8) is 0 Å². The standard InChI is InChI=1S/C13H18FN3S/c1-2-3-6-9-15-13(18)17-16-10-11-7-4-5-8-12(11)14/h4-5,7-8,10H,2-3,6,9H2,1H3,(H2,15,17,18)/b16-10-. The van der Waals surface area contributed by atoms with Crippen LogP contribution in [0.1, 0.15) is 31.7 Å². The van der Waals surface area contributed by atoms with Gasteiger partial charge in [-0.25, -0.2) is 4.39 Å². The normalized spacial score (nSPS) is 10.6. The van der Waals surface area contributed by atoms with Crippen molar-refractivity contribution in [3.8, 4) is 0 Å². The van der Waals surface area contributed by atoms with Gasteiger partial charge in [-0.3, -0.25) is 5.43 Å². The molecule has 0 saturated heterocycles. The van der Waals surface area contributed by atoms with Crippen molar-refractivity contribution in [2.75, 3.05) is 6.54 Å². The Hall–Kier alpha value is -1.49. The molecule has 0 spiro atoms. The van der Waals surface area contributed by atoms with Crippen molar-refractivity contribution < 1.29 is 4.39 Å². The molecule has 5 heteroatoms. The first-order chi connectivity index (χ1) is 8.74.